The number of rotatable bonds is 11. The second-order valence-electron chi connectivity index (χ2n) is 8.87. The van der Waals surface area contributed by atoms with Crippen molar-refractivity contribution in [2.75, 3.05) is 13.2 Å². The molecule has 34 heavy (non-hydrogen) atoms. The van der Waals surface area contributed by atoms with Crippen molar-refractivity contribution in [2.24, 2.45) is 11.8 Å². The van der Waals surface area contributed by atoms with Crippen LogP contribution in [0.2, 0.25) is 0 Å². The third kappa shape index (κ3) is 5.39. The van der Waals surface area contributed by atoms with Crippen molar-refractivity contribution in [1.29, 1.82) is 0 Å². The first-order valence-electron chi connectivity index (χ1n) is 11.8. The standard InChI is InChI=1S/C26H30N2O6/c1-2-7-17(24(29)28-34-23(25(30)31)16-12-13-16)14-27-26(32)33-15-22-20-10-5-3-8-18(20)19-9-4-6-11-21(19)22/h3-6,8-11,16-17,22-23H,2,7,12-15H2,1H3,(H,27,32)(H,28,29)(H,30,31). The van der Waals surface area contributed by atoms with Gasteiger partial charge in [-0.25, -0.2) is 15.1 Å². The van der Waals surface area contributed by atoms with Gasteiger partial charge in [0.1, 0.15) is 6.61 Å². The van der Waals surface area contributed by atoms with Gasteiger partial charge in [-0.3, -0.25) is 9.63 Å². The molecule has 2 atom stereocenters. The number of ether oxygens (including phenoxy) is 1. The first-order valence-corrected chi connectivity index (χ1v) is 11.8. The van der Waals surface area contributed by atoms with Crippen LogP contribution < -0.4 is 10.8 Å². The van der Waals surface area contributed by atoms with Crippen molar-refractivity contribution in [2.45, 2.75) is 44.6 Å². The summed E-state index contributed by atoms with van der Waals surface area (Å²) in [6.07, 6.45) is 1.14. The Kier molecular flexibility index (Phi) is 7.47. The molecule has 8 heteroatoms. The van der Waals surface area contributed by atoms with Gasteiger partial charge in [0.2, 0.25) is 5.91 Å². The summed E-state index contributed by atoms with van der Waals surface area (Å²) in [7, 11) is 0. The highest BCUT2D eigenvalue weighted by molar-refractivity contribution is 5.80. The van der Waals surface area contributed by atoms with E-state index in [1.54, 1.807) is 0 Å². The number of nitrogens with one attached hydrogen (secondary N) is 2. The van der Waals surface area contributed by atoms with Crippen LogP contribution in [0.5, 0.6) is 0 Å². The predicted molar refractivity (Wildman–Crippen MR) is 125 cm³/mol. The lowest BCUT2D eigenvalue weighted by Crippen LogP contribution is -2.42. The molecular formula is C26H30N2O6. The number of hydrogen-bond acceptors (Lipinski definition) is 5. The second kappa shape index (κ2) is 10.7. The van der Waals surface area contributed by atoms with E-state index in [-0.39, 0.29) is 25.0 Å². The van der Waals surface area contributed by atoms with Gasteiger partial charge in [-0.15, -0.1) is 0 Å². The lowest BCUT2D eigenvalue weighted by atomic mass is 9.98. The lowest BCUT2D eigenvalue weighted by molar-refractivity contribution is -0.163. The number of carboxylic acid groups (broad SMARTS) is 1. The lowest BCUT2D eigenvalue weighted by Gasteiger charge is -2.19. The van der Waals surface area contributed by atoms with Gasteiger partial charge in [0.05, 0.1) is 5.92 Å². The normalized spacial score (nSPS) is 16.1. The number of fused-ring (bicyclic) bond motifs is 3. The maximum atomic E-state index is 12.5. The summed E-state index contributed by atoms with van der Waals surface area (Å²) in [6.45, 7) is 2.19. The highest BCUT2D eigenvalue weighted by atomic mass is 16.7. The number of alkyl carbamates (subject to hydrolysis) is 1. The van der Waals surface area contributed by atoms with Crippen molar-refractivity contribution >= 4 is 18.0 Å². The first-order chi connectivity index (χ1) is 16.5. The summed E-state index contributed by atoms with van der Waals surface area (Å²) < 4.78 is 5.53. The first kappa shape index (κ1) is 23.8. The fraction of sp³-hybridized carbons (Fsp3) is 0.423. The Balaban J connectivity index is 1.29. The number of aliphatic carboxylic acids is 1. The molecule has 2 aliphatic rings. The van der Waals surface area contributed by atoms with E-state index < -0.39 is 30.0 Å². The molecule has 0 spiro atoms. The molecule has 4 rings (SSSR count). The van der Waals surface area contributed by atoms with Crippen molar-refractivity contribution in [3.63, 3.8) is 0 Å². The fourth-order valence-corrected chi connectivity index (χ4v) is 4.48. The van der Waals surface area contributed by atoms with E-state index in [1.807, 2.05) is 31.2 Å². The zero-order valence-corrected chi connectivity index (χ0v) is 19.2. The zero-order chi connectivity index (χ0) is 24.1. The predicted octanol–water partition coefficient (Wildman–Crippen LogP) is 3.85. The highest BCUT2D eigenvalue weighted by Gasteiger charge is 2.38. The van der Waals surface area contributed by atoms with Crippen molar-refractivity contribution < 1.29 is 29.1 Å². The van der Waals surface area contributed by atoms with E-state index >= 15 is 0 Å². The minimum Gasteiger partial charge on any atom is -0.479 e. The molecule has 0 radical (unpaired) electrons. The quantitative estimate of drug-likeness (QED) is 0.434. The number of carboxylic acids is 1. The molecule has 180 valence electrons. The number of benzene rings is 2. The molecule has 0 aliphatic heterocycles. The Labute approximate surface area is 198 Å². The minimum absolute atomic E-state index is 0.0448. The Morgan fingerprint density at radius 1 is 1.03 bits per heavy atom. The van der Waals surface area contributed by atoms with Crippen molar-refractivity contribution in [3.05, 3.63) is 59.7 Å². The van der Waals surface area contributed by atoms with Crippen molar-refractivity contribution in [1.82, 2.24) is 10.8 Å². The summed E-state index contributed by atoms with van der Waals surface area (Å²) in [6, 6.07) is 16.2. The molecule has 0 saturated heterocycles. The van der Waals surface area contributed by atoms with E-state index in [9.17, 15) is 19.5 Å². The van der Waals surface area contributed by atoms with Crippen LogP contribution in [0.15, 0.2) is 48.5 Å². The summed E-state index contributed by atoms with van der Waals surface area (Å²) >= 11 is 0. The van der Waals surface area contributed by atoms with Crippen LogP contribution >= 0.6 is 0 Å². The maximum absolute atomic E-state index is 12.5. The molecule has 2 aliphatic carbocycles. The van der Waals surface area contributed by atoms with E-state index in [1.165, 1.54) is 0 Å². The molecule has 0 bridgehead atoms. The van der Waals surface area contributed by atoms with Gasteiger partial charge in [-0.2, -0.15) is 0 Å². The largest absolute Gasteiger partial charge is 0.479 e. The van der Waals surface area contributed by atoms with Crippen LogP contribution in [-0.2, 0) is 19.2 Å². The highest BCUT2D eigenvalue weighted by Crippen LogP contribution is 2.44. The molecule has 1 fully saturated rings. The smallest absolute Gasteiger partial charge is 0.407 e. The Hall–Kier alpha value is -3.39. The molecule has 8 nitrogen and oxygen atoms in total. The molecular weight excluding hydrogens is 436 g/mol. The van der Waals surface area contributed by atoms with Crippen LogP contribution in [0.1, 0.15) is 49.7 Å². The molecule has 2 aromatic rings. The number of hydroxylamine groups is 1. The average molecular weight is 467 g/mol. The molecule has 2 aromatic carbocycles. The number of hydrogen-bond donors (Lipinski definition) is 3. The van der Waals surface area contributed by atoms with Gasteiger partial charge >= 0.3 is 12.1 Å². The molecule has 0 aromatic heterocycles. The third-order valence-electron chi connectivity index (χ3n) is 6.42. The zero-order valence-electron chi connectivity index (χ0n) is 19.2. The number of carbonyl (C=O) groups excluding carboxylic acids is 2. The molecule has 2 amide bonds. The maximum Gasteiger partial charge on any atom is 0.407 e. The molecule has 2 unspecified atom stereocenters. The van der Waals surface area contributed by atoms with Crippen LogP contribution in [0.25, 0.3) is 11.1 Å². The van der Waals surface area contributed by atoms with Crippen LogP contribution in [0, 0.1) is 11.8 Å². The van der Waals surface area contributed by atoms with E-state index in [0.717, 1.165) is 41.5 Å². The van der Waals surface area contributed by atoms with Gasteiger partial charge in [-0.05, 0) is 47.4 Å². The van der Waals surface area contributed by atoms with E-state index in [0.29, 0.717) is 6.42 Å². The van der Waals surface area contributed by atoms with Gasteiger partial charge < -0.3 is 15.2 Å². The fourth-order valence-electron chi connectivity index (χ4n) is 4.48. The Morgan fingerprint density at radius 2 is 1.65 bits per heavy atom. The monoisotopic (exact) mass is 466 g/mol. The molecule has 0 heterocycles. The summed E-state index contributed by atoms with van der Waals surface area (Å²) in [5.74, 6) is -2.21. The Bertz CT molecular complexity index is 1010. The molecule has 3 N–H and O–H groups in total. The number of amides is 2. The SMILES string of the molecule is CCCC(CNC(=O)OCC1c2ccccc2-c2ccccc21)C(=O)NOC(C(=O)O)C1CC1. The topological polar surface area (TPSA) is 114 Å². The van der Waals surface area contributed by atoms with E-state index in [2.05, 4.69) is 35.1 Å². The van der Waals surface area contributed by atoms with Gasteiger partial charge in [0.25, 0.3) is 0 Å². The van der Waals surface area contributed by atoms with Gasteiger partial charge in [-0.1, -0.05) is 61.9 Å². The van der Waals surface area contributed by atoms with Gasteiger partial charge in [0, 0.05) is 12.5 Å². The summed E-state index contributed by atoms with van der Waals surface area (Å²) in [4.78, 5) is 41.4. The minimum atomic E-state index is -1.09. The second-order valence-corrected chi connectivity index (χ2v) is 8.87. The summed E-state index contributed by atoms with van der Waals surface area (Å²) in [5, 5.41) is 11.9. The molecule has 1 saturated carbocycles. The Morgan fingerprint density at radius 3 is 2.21 bits per heavy atom. The average Bonchev–Trinajstić information content (AvgIpc) is 3.62. The van der Waals surface area contributed by atoms with Crippen LogP contribution in [0.3, 0.4) is 0 Å². The number of carbonyl (C=O) groups is 3. The van der Waals surface area contributed by atoms with Crippen molar-refractivity contribution in [3.8, 4) is 11.1 Å². The van der Waals surface area contributed by atoms with Crippen LogP contribution in [0.4, 0.5) is 4.79 Å². The van der Waals surface area contributed by atoms with E-state index in [4.69, 9.17) is 9.57 Å². The third-order valence-corrected chi connectivity index (χ3v) is 6.42. The van der Waals surface area contributed by atoms with Gasteiger partial charge in [0.15, 0.2) is 6.10 Å². The van der Waals surface area contributed by atoms with Crippen LogP contribution in [-0.4, -0.2) is 42.3 Å². The summed E-state index contributed by atoms with van der Waals surface area (Å²) in [5.41, 5.74) is 6.83.